The zero-order valence-electron chi connectivity index (χ0n) is 10.7. The predicted octanol–water partition coefficient (Wildman–Crippen LogP) is 2.01. The number of aliphatic hydroxyl groups is 1. The van der Waals surface area contributed by atoms with Crippen LogP contribution in [0.1, 0.15) is 38.3 Å². The molecule has 1 atom stereocenters. The molecule has 1 unspecified atom stereocenters. The summed E-state index contributed by atoms with van der Waals surface area (Å²) in [5.74, 6) is 1.39. The van der Waals surface area contributed by atoms with E-state index < -0.39 is 0 Å². The standard InChI is InChI=1S/C13H22N2O2/c1-3-8-15-11(13(17-2)9-14-15)6-7-12(16)10-4-5-10/h9-10,12,16H,3-8H2,1-2H3. The van der Waals surface area contributed by atoms with Gasteiger partial charge in [0, 0.05) is 6.54 Å². The van der Waals surface area contributed by atoms with Crippen molar-refractivity contribution >= 4 is 0 Å². The number of aliphatic hydroxyl groups excluding tert-OH is 1. The van der Waals surface area contributed by atoms with Gasteiger partial charge in [-0.25, -0.2) is 0 Å². The molecule has 1 aromatic heterocycles. The Balaban J connectivity index is 1.98. The van der Waals surface area contributed by atoms with Crippen molar-refractivity contribution < 1.29 is 9.84 Å². The summed E-state index contributed by atoms with van der Waals surface area (Å²) in [7, 11) is 1.67. The van der Waals surface area contributed by atoms with Crippen molar-refractivity contribution in [1.82, 2.24) is 9.78 Å². The monoisotopic (exact) mass is 238 g/mol. The molecule has 1 fully saturated rings. The zero-order valence-corrected chi connectivity index (χ0v) is 10.7. The predicted molar refractivity (Wildman–Crippen MR) is 66.1 cm³/mol. The fourth-order valence-electron chi connectivity index (χ4n) is 2.22. The smallest absolute Gasteiger partial charge is 0.159 e. The molecule has 1 aromatic rings. The number of hydrogen-bond acceptors (Lipinski definition) is 3. The van der Waals surface area contributed by atoms with Crippen molar-refractivity contribution in [3.8, 4) is 5.75 Å². The van der Waals surface area contributed by atoms with Gasteiger partial charge < -0.3 is 9.84 Å². The van der Waals surface area contributed by atoms with Crippen LogP contribution in [0.25, 0.3) is 0 Å². The molecule has 0 bridgehead atoms. The summed E-state index contributed by atoms with van der Waals surface area (Å²) in [6, 6.07) is 0. The van der Waals surface area contributed by atoms with Gasteiger partial charge in [0.25, 0.3) is 0 Å². The summed E-state index contributed by atoms with van der Waals surface area (Å²) in [4.78, 5) is 0. The molecule has 1 N–H and O–H groups in total. The van der Waals surface area contributed by atoms with Gasteiger partial charge in [-0.1, -0.05) is 6.92 Å². The van der Waals surface area contributed by atoms with Gasteiger partial charge in [-0.05, 0) is 38.0 Å². The molecule has 1 aliphatic carbocycles. The van der Waals surface area contributed by atoms with E-state index >= 15 is 0 Å². The number of aromatic nitrogens is 2. The first-order chi connectivity index (χ1) is 8.26. The lowest BCUT2D eigenvalue weighted by atomic mass is 10.1. The van der Waals surface area contributed by atoms with E-state index in [1.807, 2.05) is 4.68 Å². The zero-order chi connectivity index (χ0) is 12.3. The minimum atomic E-state index is -0.148. The van der Waals surface area contributed by atoms with E-state index in [2.05, 4.69) is 12.0 Å². The van der Waals surface area contributed by atoms with Gasteiger partial charge in [0.15, 0.2) is 5.75 Å². The number of ether oxygens (including phenoxy) is 1. The van der Waals surface area contributed by atoms with Gasteiger partial charge in [-0.3, -0.25) is 4.68 Å². The fourth-order valence-corrected chi connectivity index (χ4v) is 2.22. The molecule has 0 radical (unpaired) electrons. The summed E-state index contributed by atoms with van der Waals surface area (Å²) in [5.41, 5.74) is 1.12. The Kier molecular flexibility index (Phi) is 4.05. The van der Waals surface area contributed by atoms with Gasteiger partial charge in [-0.2, -0.15) is 5.10 Å². The van der Waals surface area contributed by atoms with Crippen LogP contribution < -0.4 is 4.74 Å². The van der Waals surface area contributed by atoms with Crippen LogP contribution in [0.2, 0.25) is 0 Å². The van der Waals surface area contributed by atoms with Gasteiger partial charge in [-0.15, -0.1) is 0 Å². The Hall–Kier alpha value is -1.03. The minimum absolute atomic E-state index is 0.148. The molecule has 1 aliphatic rings. The SMILES string of the molecule is CCCn1ncc(OC)c1CCC(O)C1CC1. The van der Waals surface area contributed by atoms with E-state index in [4.69, 9.17) is 4.74 Å². The molecule has 1 heterocycles. The summed E-state index contributed by atoms with van der Waals surface area (Å²) in [6.45, 7) is 3.05. The molecule has 0 amide bonds. The number of nitrogens with zero attached hydrogens (tertiary/aromatic N) is 2. The van der Waals surface area contributed by atoms with Crippen LogP contribution in [0.15, 0.2) is 6.20 Å². The maximum absolute atomic E-state index is 9.90. The van der Waals surface area contributed by atoms with Gasteiger partial charge in [0.1, 0.15) is 0 Å². The second-order valence-electron chi connectivity index (χ2n) is 4.83. The van der Waals surface area contributed by atoms with E-state index in [9.17, 15) is 5.11 Å². The summed E-state index contributed by atoms with van der Waals surface area (Å²) in [5, 5.41) is 14.2. The van der Waals surface area contributed by atoms with E-state index in [0.717, 1.165) is 37.3 Å². The van der Waals surface area contributed by atoms with Crippen molar-refractivity contribution in [2.75, 3.05) is 7.11 Å². The topological polar surface area (TPSA) is 47.3 Å². The van der Waals surface area contributed by atoms with Gasteiger partial charge >= 0.3 is 0 Å². The van der Waals surface area contributed by atoms with Gasteiger partial charge in [0.2, 0.25) is 0 Å². The molecule has 17 heavy (non-hydrogen) atoms. The Morgan fingerprint density at radius 1 is 1.59 bits per heavy atom. The first kappa shape index (κ1) is 12.4. The third kappa shape index (κ3) is 3.00. The fraction of sp³-hybridized carbons (Fsp3) is 0.769. The normalized spacial score (nSPS) is 17.1. The highest BCUT2D eigenvalue weighted by Crippen LogP contribution is 2.34. The highest BCUT2D eigenvalue weighted by atomic mass is 16.5. The molecule has 96 valence electrons. The number of hydrogen-bond donors (Lipinski definition) is 1. The molecular weight excluding hydrogens is 216 g/mol. The Labute approximate surface area is 103 Å². The van der Waals surface area contributed by atoms with E-state index in [0.29, 0.717) is 5.92 Å². The van der Waals surface area contributed by atoms with Crippen molar-refractivity contribution in [2.45, 2.75) is 51.7 Å². The minimum Gasteiger partial charge on any atom is -0.493 e. The Morgan fingerprint density at radius 3 is 2.94 bits per heavy atom. The third-order valence-electron chi connectivity index (χ3n) is 3.41. The number of methoxy groups -OCH3 is 1. The average Bonchev–Trinajstić information content (AvgIpc) is 3.10. The lowest BCUT2D eigenvalue weighted by molar-refractivity contribution is 0.141. The van der Waals surface area contributed by atoms with E-state index in [-0.39, 0.29) is 6.10 Å². The average molecular weight is 238 g/mol. The van der Waals surface area contributed by atoms with Crippen LogP contribution in [0.3, 0.4) is 0 Å². The van der Waals surface area contributed by atoms with Crippen LogP contribution in [0, 0.1) is 5.92 Å². The number of aryl methyl sites for hydroxylation is 1. The molecule has 4 nitrogen and oxygen atoms in total. The van der Waals surface area contributed by atoms with Crippen molar-refractivity contribution in [3.63, 3.8) is 0 Å². The first-order valence-corrected chi connectivity index (χ1v) is 6.53. The first-order valence-electron chi connectivity index (χ1n) is 6.53. The lowest BCUT2D eigenvalue weighted by Gasteiger charge is -2.11. The van der Waals surface area contributed by atoms with Crippen molar-refractivity contribution in [1.29, 1.82) is 0 Å². The third-order valence-corrected chi connectivity index (χ3v) is 3.41. The molecule has 0 spiro atoms. The maximum atomic E-state index is 9.90. The maximum Gasteiger partial charge on any atom is 0.159 e. The highest BCUT2D eigenvalue weighted by molar-refractivity contribution is 5.25. The molecule has 0 saturated heterocycles. The summed E-state index contributed by atoms with van der Waals surface area (Å²) in [6.07, 6.45) is 6.72. The van der Waals surface area contributed by atoms with E-state index in [1.165, 1.54) is 12.8 Å². The van der Waals surface area contributed by atoms with Gasteiger partial charge in [0.05, 0.1) is 25.1 Å². The number of rotatable bonds is 7. The summed E-state index contributed by atoms with van der Waals surface area (Å²) < 4.78 is 7.31. The summed E-state index contributed by atoms with van der Waals surface area (Å²) >= 11 is 0. The van der Waals surface area contributed by atoms with Crippen LogP contribution in [0.4, 0.5) is 0 Å². The van der Waals surface area contributed by atoms with E-state index in [1.54, 1.807) is 13.3 Å². The van der Waals surface area contributed by atoms with Crippen LogP contribution in [-0.2, 0) is 13.0 Å². The quantitative estimate of drug-likeness (QED) is 0.790. The second kappa shape index (κ2) is 5.54. The van der Waals surface area contributed by atoms with Crippen LogP contribution in [-0.4, -0.2) is 28.1 Å². The second-order valence-corrected chi connectivity index (χ2v) is 4.83. The molecular formula is C13H22N2O2. The van der Waals surface area contributed by atoms with Crippen molar-refractivity contribution in [2.24, 2.45) is 5.92 Å². The van der Waals surface area contributed by atoms with Crippen LogP contribution >= 0.6 is 0 Å². The molecule has 2 rings (SSSR count). The lowest BCUT2D eigenvalue weighted by Crippen LogP contribution is -2.13. The highest BCUT2D eigenvalue weighted by Gasteiger charge is 2.29. The van der Waals surface area contributed by atoms with Crippen molar-refractivity contribution in [3.05, 3.63) is 11.9 Å². The van der Waals surface area contributed by atoms with Crippen LogP contribution in [0.5, 0.6) is 5.75 Å². The molecule has 0 aliphatic heterocycles. The Bertz CT molecular complexity index is 358. The molecule has 0 aromatic carbocycles. The molecule has 1 saturated carbocycles. The Morgan fingerprint density at radius 2 is 2.35 bits per heavy atom. The largest absolute Gasteiger partial charge is 0.493 e. The molecule has 4 heteroatoms.